The lowest BCUT2D eigenvalue weighted by Gasteiger charge is -1.48. The molecule has 0 nitrogen and oxygen atoms in total. The van der Waals surface area contributed by atoms with Gasteiger partial charge in [0.1, 0.15) is 0 Å². The predicted molar refractivity (Wildman–Crippen MR) is 92.9 cm³/mol. The van der Waals surface area contributed by atoms with Crippen LogP contribution in [0.5, 0.6) is 0 Å². The van der Waals surface area contributed by atoms with Gasteiger partial charge < -0.3 is 0 Å². The van der Waals surface area contributed by atoms with Crippen LogP contribution in [0.25, 0.3) is 0 Å². The maximum absolute atomic E-state index is 5.00. The largest absolute Gasteiger partial charge is 0.0776 e. The molecule has 16 heavy (non-hydrogen) atoms. The summed E-state index contributed by atoms with van der Waals surface area (Å²) in [5.41, 5.74) is 0. The van der Waals surface area contributed by atoms with Crippen molar-refractivity contribution in [1.29, 1.82) is 0 Å². The Balaban J connectivity index is -0.00000000882. The summed E-state index contributed by atoms with van der Waals surface area (Å²) in [5, 5.41) is 0. The van der Waals surface area contributed by atoms with Gasteiger partial charge in [-0.05, 0) is 0 Å². The molecule has 0 aliphatic rings. The van der Waals surface area contributed by atoms with Gasteiger partial charge in [-0.1, -0.05) is 110 Å². The van der Waals surface area contributed by atoms with E-state index in [4.69, 9.17) is 2.97 Å². The van der Waals surface area contributed by atoms with E-state index >= 15 is 0 Å². The van der Waals surface area contributed by atoms with Crippen LogP contribution in [-0.2, 0) is 0 Å². The summed E-state index contributed by atoms with van der Waals surface area (Å²) in [6.07, 6.45) is 5.00. The van der Waals surface area contributed by atoms with E-state index in [-0.39, 0.29) is 16.3 Å². The van der Waals surface area contributed by atoms with Gasteiger partial charge in [0.15, 0.2) is 0 Å². The van der Waals surface area contributed by atoms with E-state index in [9.17, 15) is 0 Å². The third kappa shape index (κ3) is 0. The van der Waals surface area contributed by atoms with Gasteiger partial charge in [-0.25, -0.2) is 0 Å². The van der Waals surface area contributed by atoms with E-state index in [1.807, 2.05) is 13.8 Å². The van der Waals surface area contributed by atoms with Gasteiger partial charge in [-0.15, -0.1) is 0 Å². The normalized spacial score (nSPS) is 5.38. The van der Waals surface area contributed by atoms with Gasteiger partial charge in [0, 0.05) is 4.40 Å². The molecule has 0 aliphatic carbocycles. The molecule has 0 aromatic rings. The predicted octanol–water partition coefficient (Wildman–Crippen LogP) is 8.46. The highest BCUT2D eigenvalue weighted by Crippen LogP contribution is 1.57. The second-order valence-corrected chi connectivity index (χ2v) is 2.83. The SMILES string of the molecule is C.C.CC.CCC.CCC.CCC.CCC.[2HH].[2H][2H]. The van der Waals surface area contributed by atoms with Crippen LogP contribution >= 0.6 is 0 Å². The van der Waals surface area contributed by atoms with Crippen LogP contribution in [-0.4, -0.2) is 0 Å². The summed E-state index contributed by atoms with van der Waals surface area (Å²) in [4.78, 5) is 0. The van der Waals surface area contributed by atoms with E-state index < -0.39 is 0 Å². The van der Waals surface area contributed by atoms with Gasteiger partial charge in [0.25, 0.3) is 0 Å². The van der Waals surface area contributed by atoms with Crippen molar-refractivity contribution in [1.82, 2.24) is 0 Å². The van der Waals surface area contributed by atoms with Crippen molar-refractivity contribution in [3.05, 3.63) is 0 Å². The van der Waals surface area contributed by atoms with Crippen molar-refractivity contribution >= 4 is 0 Å². The molecule has 0 N–H and O–H groups in total. The Labute approximate surface area is 115 Å². The fourth-order valence-electron chi connectivity index (χ4n) is 0. The van der Waals surface area contributed by atoms with Crippen molar-refractivity contribution in [2.45, 2.75) is 110 Å². The average Bonchev–Trinajstić information content (AvgIpc) is 2.27. The molecule has 0 saturated carbocycles. The average molecular weight is 246 g/mol. The molecule has 0 heteroatoms. The molecule has 0 unspecified atom stereocenters. The molecule has 0 aromatic heterocycles. The van der Waals surface area contributed by atoms with Crippen LogP contribution in [0.15, 0.2) is 0 Å². The van der Waals surface area contributed by atoms with E-state index in [0.29, 0.717) is 0 Å². The van der Waals surface area contributed by atoms with Crippen LogP contribution in [0.2, 0.25) is 0 Å². The lowest BCUT2D eigenvalue weighted by Crippen LogP contribution is -1.27. The molecule has 0 atom stereocenters. The zero-order valence-corrected chi connectivity index (χ0v) is 12.8. The molecule has 0 heterocycles. The first-order valence-corrected chi connectivity index (χ1v) is 6.66. The van der Waals surface area contributed by atoms with Gasteiger partial charge in [0.05, 0.1) is 0 Å². The standard InChI is InChI=1S/4C3H8.C2H6.2CH4.2H2/c4*1-3-2;1-2;;;;/h4*3H2,1-2H3;1-2H3;2*1H4;2*1H/i;;;;;;;1+1D;1+1. The molecule has 0 saturated heterocycles. The summed E-state index contributed by atoms with van der Waals surface area (Å²) >= 11 is 0. The minimum atomic E-state index is 0. The van der Waals surface area contributed by atoms with Crippen molar-refractivity contribution in [2.24, 2.45) is 0 Å². The zero-order chi connectivity index (χ0) is 14.8. The molecule has 0 rings (SSSR count). The van der Waals surface area contributed by atoms with Crippen LogP contribution in [0.4, 0.5) is 0 Å². The van der Waals surface area contributed by atoms with Crippen molar-refractivity contribution in [3.8, 4) is 0 Å². The Morgan fingerprint density at radius 1 is 0.500 bits per heavy atom. The van der Waals surface area contributed by atoms with Gasteiger partial charge in [0.2, 0.25) is 0 Å². The Morgan fingerprint density at radius 3 is 0.500 bits per heavy atom. The van der Waals surface area contributed by atoms with E-state index in [1.165, 1.54) is 25.7 Å². The number of rotatable bonds is 0. The quantitative estimate of drug-likeness (QED) is 0.401. The molecule has 0 bridgehead atoms. The van der Waals surface area contributed by atoms with Gasteiger partial charge in [-0.2, -0.15) is 0 Å². The molecule has 0 spiro atoms. The first-order valence-electron chi connectivity index (χ1n) is 7.66. The third-order valence-corrected chi connectivity index (χ3v) is 0. The minimum absolute atomic E-state index is 0. The van der Waals surface area contributed by atoms with E-state index in [2.05, 4.69) is 55.4 Å². The summed E-state index contributed by atoms with van der Waals surface area (Å²) in [5.74, 6) is 0. The monoisotopic (exact) mass is 245 g/mol. The number of hydrogen-bond acceptors (Lipinski definition) is 0. The lowest BCUT2D eigenvalue weighted by molar-refractivity contribution is 1.09. The first kappa shape index (κ1) is 36.0. The lowest BCUT2D eigenvalue weighted by atomic mass is 10.6. The molecule has 0 amide bonds. The maximum atomic E-state index is 5.00. The summed E-state index contributed by atoms with van der Waals surface area (Å²) in [7, 11) is 0. The first-order chi connectivity index (χ1) is 7.66. The smallest absolute Gasteiger partial charge is 0 e. The highest BCUT2D eigenvalue weighted by Gasteiger charge is 1.36. The molecular weight excluding hydrogens is 192 g/mol. The van der Waals surface area contributed by atoms with E-state index in [0.717, 1.165) is 0 Å². The minimum Gasteiger partial charge on any atom is -0.0776 e. The second kappa shape index (κ2) is 184. The fourth-order valence-corrected chi connectivity index (χ4v) is 0. The van der Waals surface area contributed by atoms with Crippen LogP contribution in [0.1, 0.15) is 114 Å². The Kier molecular flexibility index (Phi) is 413. The van der Waals surface area contributed by atoms with Gasteiger partial charge >= 0.3 is 0 Å². The highest BCUT2D eigenvalue weighted by atomic mass is 13.4. The van der Waals surface area contributed by atoms with Crippen LogP contribution in [0.3, 0.4) is 0 Å². The molecule has 0 fully saturated rings. The summed E-state index contributed by atoms with van der Waals surface area (Å²) < 4.78 is 10.0. The van der Waals surface area contributed by atoms with Crippen LogP contribution < -0.4 is 0 Å². The third-order valence-electron chi connectivity index (χ3n) is 0. The topological polar surface area (TPSA) is 0 Å². The molecular formula is C16H50. The van der Waals surface area contributed by atoms with E-state index in [1.54, 1.807) is 0 Å². The fraction of sp³-hybridized carbons (Fsp3) is 1.00. The number of hydrogen-bond donors (Lipinski definition) is 0. The maximum Gasteiger partial charge on any atom is 0 e. The zero-order valence-electron chi connectivity index (χ0n) is 14.8. The van der Waals surface area contributed by atoms with Crippen molar-refractivity contribution in [2.75, 3.05) is 0 Å². The van der Waals surface area contributed by atoms with Gasteiger partial charge in [-0.3, -0.25) is 0 Å². The van der Waals surface area contributed by atoms with Crippen molar-refractivity contribution < 1.29 is 4.40 Å². The second-order valence-electron chi connectivity index (χ2n) is 2.83. The highest BCUT2D eigenvalue weighted by molar-refractivity contribution is 3.93. The Bertz CT molecular complexity index is 20.0. The molecule has 0 aliphatic heterocycles. The summed E-state index contributed by atoms with van der Waals surface area (Å²) in [6, 6.07) is 0. The summed E-state index contributed by atoms with van der Waals surface area (Å²) in [6.45, 7) is 21.0. The Morgan fingerprint density at radius 2 is 0.500 bits per heavy atom. The van der Waals surface area contributed by atoms with Crippen LogP contribution in [0, 0.1) is 0 Å². The Hall–Kier alpha value is 0. The molecule has 114 valence electrons. The molecule has 0 radical (unpaired) electrons. The molecule has 0 aromatic carbocycles. The van der Waals surface area contributed by atoms with Crippen molar-refractivity contribution in [3.63, 3.8) is 0 Å².